The molecule has 94 valence electrons. The number of hydrogen-bond donors (Lipinski definition) is 1. The zero-order valence-electron chi connectivity index (χ0n) is 10.7. The molecule has 2 nitrogen and oxygen atoms in total. The predicted octanol–water partition coefficient (Wildman–Crippen LogP) is 3.26. The van der Waals surface area contributed by atoms with Crippen molar-refractivity contribution in [1.29, 1.82) is 0 Å². The molecule has 0 heterocycles. The van der Waals surface area contributed by atoms with Crippen LogP contribution in [0.1, 0.15) is 64.7 Å². The van der Waals surface area contributed by atoms with E-state index in [2.05, 4.69) is 12.2 Å². The average Bonchev–Trinajstić information content (AvgIpc) is 2.81. The second-order valence-corrected chi connectivity index (χ2v) is 5.49. The van der Waals surface area contributed by atoms with Gasteiger partial charge in [-0.25, -0.2) is 0 Å². The minimum atomic E-state index is 0.557. The number of hydrogen-bond acceptors (Lipinski definition) is 2. The highest BCUT2D eigenvalue weighted by Crippen LogP contribution is 2.24. The summed E-state index contributed by atoms with van der Waals surface area (Å²) >= 11 is 0. The maximum Gasteiger partial charge on any atom is 0.0576 e. The minimum Gasteiger partial charge on any atom is -0.378 e. The summed E-state index contributed by atoms with van der Waals surface area (Å²) in [6.07, 6.45) is 12.6. The lowest BCUT2D eigenvalue weighted by molar-refractivity contribution is 0.0220. The number of ether oxygens (including phenoxy) is 1. The lowest BCUT2D eigenvalue weighted by Crippen LogP contribution is -2.40. The van der Waals surface area contributed by atoms with Gasteiger partial charge in [0, 0.05) is 18.7 Å². The molecule has 0 amide bonds. The van der Waals surface area contributed by atoms with Crippen LogP contribution in [0.15, 0.2) is 0 Å². The smallest absolute Gasteiger partial charge is 0.0576 e. The van der Waals surface area contributed by atoms with Crippen LogP contribution in [0.4, 0.5) is 0 Å². The molecule has 0 aromatic heterocycles. The van der Waals surface area contributed by atoms with Gasteiger partial charge in [-0.2, -0.15) is 0 Å². The molecule has 2 aliphatic carbocycles. The van der Waals surface area contributed by atoms with Crippen LogP contribution in [0.5, 0.6) is 0 Å². The first-order valence-corrected chi connectivity index (χ1v) is 7.26. The van der Waals surface area contributed by atoms with E-state index >= 15 is 0 Å². The van der Waals surface area contributed by atoms with E-state index in [1.165, 1.54) is 51.4 Å². The number of rotatable bonds is 5. The summed E-state index contributed by atoms with van der Waals surface area (Å²) in [7, 11) is 0. The molecule has 0 aromatic rings. The Kier molecular flexibility index (Phi) is 5.11. The molecule has 0 radical (unpaired) electrons. The Hall–Kier alpha value is -0.0800. The molecule has 2 saturated carbocycles. The minimum absolute atomic E-state index is 0.557. The summed E-state index contributed by atoms with van der Waals surface area (Å²) in [5.74, 6) is 0. The number of nitrogens with one attached hydrogen (secondary N) is 1. The second-order valence-electron chi connectivity index (χ2n) is 5.49. The van der Waals surface area contributed by atoms with Crippen LogP contribution in [0.2, 0.25) is 0 Å². The highest BCUT2D eigenvalue weighted by atomic mass is 16.5. The Morgan fingerprint density at radius 2 is 1.56 bits per heavy atom. The van der Waals surface area contributed by atoms with Crippen LogP contribution in [0, 0.1) is 0 Å². The molecule has 0 spiro atoms. The van der Waals surface area contributed by atoms with E-state index in [1.807, 2.05) is 0 Å². The summed E-state index contributed by atoms with van der Waals surface area (Å²) in [5, 5.41) is 3.84. The molecule has 2 heteroatoms. The summed E-state index contributed by atoms with van der Waals surface area (Å²) in [6.45, 7) is 3.14. The fourth-order valence-corrected chi connectivity index (χ4v) is 3.11. The molecule has 0 saturated heterocycles. The van der Waals surface area contributed by atoms with Gasteiger partial charge in [-0.15, -0.1) is 0 Å². The van der Waals surface area contributed by atoms with Crippen molar-refractivity contribution in [2.24, 2.45) is 0 Å². The van der Waals surface area contributed by atoms with Gasteiger partial charge in [0.1, 0.15) is 0 Å². The van der Waals surface area contributed by atoms with Crippen LogP contribution >= 0.6 is 0 Å². The van der Waals surface area contributed by atoms with Crippen molar-refractivity contribution in [3.05, 3.63) is 0 Å². The van der Waals surface area contributed by atoms with Crippen LogP contribution in [0.25, 0.3) is 0 Å². The summed E-state index contributed by atoms with van der Waals surface area (Å²) in [4.78, 5) is 0. The van der Waals surface area contributed by atoms with E-state index in [0.29, 0.717) is 6.10 Å². The summed E-state index contributed by atoms with van der Waals surface area (Å²) in [5.41, 5.74) is 0. The van der Waals surface area contributed by atoms with E-state index in [0.717, 1.165) is 25.1 Å². The zero-order chi connectivity index (χ0) is 11.2. The normalized spacial score (nSPS) is 32.1. The second kappa shape index (κ2) is 6.61. The molecule has 0 aliphatic heterocycles. The molecular formula is C14H27NO. The molecular weight excluding hydrogens is 198 g/mol. The molecule has 2 aliphatic rings. The SMILES string of the molecule is CCCOC1CCC(NC2CCCC2)CC1. The van der Waals surface area contributed by atoms with E-state index < -0.39 is 0 Å². The van der Waals surface area contributed by atoms with Crippen molar-refractivity contribution in [1.82, 2.24) is 5.32 Å². The van der Waals surface area contributed by atoms with Gasteiger partial charge in [-0.05, 0) is 44.9 Å². The van der Waals surface area contributed by atoms with Crippen LogP contribution in [-0.2, 0) is 4.74 Å². The molecule has 16 heavy (non-hydrogen) atoms. The molecule has 0 bridgehead atoms. The Balaban J connectivity index is 1.60. The quantitative estimate of drug-likeness (QED) is 0.775. The Bertz CT molecular complexity index is 181. The largest absolute Gasteiger partial charge is 0.378 e. The lowest BCUT2D eigenvalue weighted by Gasteiger charge is -2.31. The van der Waals surface area contributed by atoms with Gasteiger partial charge in [0.25, 0.3) is 0 Å². The van der Waals surface area contributed by atoms with E-state index in [-0.39, 0.29) is 0 Å². The standard InChI is InChI=1S/C14H27NO/c1-2-11-16-14-9-7-13(8-10-14)15-12-5-3-4-6-12/h12-15H,2-11H2,1H3. The van der Waals surface area contributed by atoms with Crippen molar-refractivity contribution >= 4 is 0 Å². The molecule has 2 rings (SSSR count). The average molecular weight is 225 g/mol. The van der Waals surface area contributed by atoms with Crippen molar-refractivity contribution < 1.29 is 4.74 Å². The molecule has 0 aromatic carbocycles. The first-order chi connectivity index (χ1) is 7.88. The third-order valence-electron chi connectivity index (χ3n) is 4.06. The Labute approximate surface area is 100 Å². The van der Waals surface area contributed by atoms with Gasteiger partial charge in [0.05, 0.1) is 6.10 Å². The van der Waals surface area contributed by atoms with Crippen molar-refractivity contribution in [3.8, 4) is 0 Å². The molecule has 1 N–H and O–H groups in total. The fourth-order valence-electron chi connectivity index (χ4n) is 3.11. The van der Waals surface area contributed by atoms with Gasteiger partial charge in [-0.1, -0.05) is 19.8 Å². The van der Waals surface area contributed by atoms with Gasteiger partial charge < -0.3 is 10.1 Å². The third kappa shape index (κ3) is 3.74. The van der Waals surface area contributed by atoms with Crippen molar-refractivity contribution in [2.45, 2.75) is 82.9 Å². The predicted molar refractivity (Wildman–Crippen MR) is 67.7 cm³/mol. The molecule has 0 atom stereocenters. The lowest BCUT2D eigenvalue weighted by atomic mass is 9.92. The Morgan fingerprint density at radius 1 is 0.938 bits per heavy atom. The maximum absolute atomic E-state index is 5.82. The third-order valence-corrected chi connectivity index (χ3v) is 4.06. The highest BCUT2D eigenvalue weighted by Gasteiger charge is 2.24. The summed E-state index contributed by atoms with van der Waals surface area (Å²) in [6, 6.07) is 1.61. The van der Waals surface area contributed by atoms with Crippen LogP contribution in [-0.4, -0.2) is 24.8 Å². The molecule has 2 fully saturated rings. The van der Waals surface area contributed by atoms with Crippen LogP contribution < -0.4 is 5.32 Å². The monoisotopic (exact) mass is 225 g/mol. The van der Waals surface area contributed by atoms with E-state index in [1.54, 1.807) is 0 Å². The molecule has 0 unspecified atom stereocenters. The Morgan fingerprint density at radius 3 is 2.19 bits per heavy atom. The first-order valence-electron chi connectivity index (χ1n) is 7.26. The van der Waals surface area contributed by atoms with Gasteiger partial charge in [0.15, 0.2) is 0 Å². The zero-order valence-corrected chi connectivity index (χ0v) is 10.7. The van der Waals surface area contributed by atoms with Gasteiger partial charge >= 0.3 is 0 Å². The van der Waals surface area contributed by atoms with Crippen molar-refractivity contribution in [3.63, 3.8) is 0 Å². The summed E-state index contributed by atoms with van der Waals surface area (Å²) < 4.78 is 5.82. The van der Waals surface area contributed by atoms with Gasteiger partial charge in [-0.3, -0.25) is 0 Å². The van der Waals surface area contributed by atoms with Crippen LogP contribution in [0.3, 0.4) is 0 Å². The topological polar surface area (TPSA) is 21.3 Å². The highest BCUT2D eigenvalue weighted by molar-refractivity contribution is 4.83. The maximum atomic E-state index is 5.82. The first kappa shape index (κ1) is 12.4. The fraction of sp³-hybridized carbons (Fsp3) is 1.00. The van der Waals surface area contributed by atoms with Crippen molar-refractivity contribution in [2.75, 3.05) is 6.61 Å². The van der Waals surface area contributed by atoms with Gasteiger partial charge in [0.2, 0.25) is 0 Å². The van der Waals surface area contributed by atoms with E-state index in [4.69, 9.17) is 4.74 Å². The van der Waals surface area contributed by atoms with E-state index in [9.17, 15) is 0 Å².